The van der Waals surface area contributed by atoms with Gasteiger partial charge in [-0.15, -0.1) is 5.10 Å². The van der Waals surface area contributed by atoms with E-state index in [1.807, 2.05) is 5.43 Å². The van der Waals surface area contributed by atoms with Crippen molar-refractivity contribution in [1.29, 1.82) is 0 Å². The summed E-state index contributed by atoms with van der Waals surface area (Å²) in [6.07, 6.45) is 0.403. The van der Waals surface area contributed by atoms with E-state index in [1.54, 1.807) is 32.0 Å². The summed E-state index contributed by atoms with van der Waals surface area (Å²) in [5.41, 5.74) is 21.4. The van der Waals surface area contributed by atoms with Crippen molar-refractivity contribution in [2.45, 2.75) is 6.92 Å². The lowest BCUT2D eigenvalue weighted by Gasteiger charge is -1.91. The number of amides is 4. The lowest BCUT2D eigenvalue weighted by atomic mass is 10.8. The van der Waals surface area contributed by atoms with Gasteiger partial charge in [-0.25, -0.2) is 22.3 Å². The van der Waals surface area contributed by atoms with E-state index in [-0.39, 0.29) is 11.9 Å². The van der Waals surface area contributed by atoms with Crippen LogP contribution in [0.1, 0.15) is 6.92 Å². The first-order valence-corrected chi connectivity index (χ1v) is 6.09. The molecule has 0 rings (SSSR count). The number of carbonyl (C=O) groups is 3. The van der Waals surface area contributed by atoms with Gasteiger partial charge in [0, 0.05) is 21.0 Å². The molecule has 0 unspecified atom stereocenters. The minimum atomic E-state index is -0.718. The molecule has 0 aliphatic heterocycles. The molecule has 0 aromatic carbocycles. The summed E-state index contributed by atoms with van der Waals surface area (Å²) in [6, 6.07) is -0.718. The maximum Gasteiger partial charge on any atom is 0.326 e. The van der Waals surface area contributed by atoms with Gasteiger partial charge in [-0.3, -0.25) is 48.0 Å². The van der Waals surface area contributed by atoms with Gasteiger partial charge < -0.3 is 23.0 Å². The van der Waals surface area contributed by atoms with E-state index >= 15 is 0 Å². The third kappa shape index (κ3) is 525. The lowest BCUT2D eigenvalue weighted by molar-refractivity contribution is -0.119. The Labute approximate surface area is 152 Å². The number of hydrazine groups is 5. The highest BCUT2D eigenvalue weighted by atomic mass is 16.2. The summed E-state index contributed by atoms with van der Waals surface area (Å²) in [4.78, 5) is 27.9. The Morgan fingerprint density at radius 2 is 1.15 bits per heavy atom. The van der Waals surface area contributed by atoms with Gasteiger partial charge in [0.15, 0.2) is 0 Å². The molecule has 0 spiro atoms. The molecule has 0 heterocycles. The fourth-order valence-corrected chi connectivity index (χ4v) is 0. The van der Waals surface area contributed by atoms with Crippen molar-refractivity contribution in [2.75, 3.05) is 21.1 Å². The summed E-state index contributed by atoms with van der Waals surface area (Å²) in [5.74, 6) is 27.2. The molecule has 0 aromatic rings. The normalized spacial score (nSPS) is 6.69. The number of primary amides is 1. The molecule has 26 heavy (non-hydrogen) atoms. The Kier molecular flexibility index (Phi) is 63.9. The van der Waals surface area contributed by atoms with Crippen molar-refractivity contribution in [3.63, 3.8) is 0 Å². The zero-order valence-electron chi connectivity index (χ0n) is 15.4. The standard InChI is InChI=1S/C2H6N2O.C2H8N2.CH6N4.CH5N3O.CH4N2O.CH6N2/c1-2(5)4-3;1-4(2)3;2-1(3)5-4;2-1(5)4-3;2-3-1-4;1-3-2/h3H2,1H3,(H,4,5);3H2,1-2H3;4H2,(H4,2,3,5);3H2,(H3,2,4,5);1H,2H2,(H,3,4);3H,2H2,1H3. The van der Waals surface area contributed by atoms with Crippen molar-refractivity contribution in [3.05, 3.63) is 0 Å². The second kappa shape index (κ2) is 43.1. The lowest BCUT2D eigenvalue weighted by Crippen LogP contribution is -2.34. The minimum absolute atomic E-state index is 0.0926. The Balaban J connectivity index is -0.0000000466. The third-order valence-electron chi connectivity index (χ3n) is 0.563. The number of hydrogen-bond acceptors (Lipinski definition) is 12. The third-order valence-corrected chi connectivity index (χ3v) is 0.563. The van der Waals surface area contributed by atoms with E-state index in [1.165, 1.54) is 11.9 Å². The number of nitrogens with two attached hydrogens (primary N) is 9. The molecule has 18 heteroatoms. The van der Waals surface area contributed by atoms with Crippen molar-refractivity contribution < 1.29 is 14.4 Å². The van der Waals surface area contributed by atoms with E-state index in [9.17, 15) is 9.59 Å². The second-order valence-electron chi connectivity index (χ2n) is 3.30. The van der Waals surface area contributed by atoms with Crippen LogP contribution in [0.15, 0.2) is 5.10 Å². The van der Waals surface area contributed by atoms with Gasteiger partial charge in [-0.2, -0.15) is 0 Å². The smallest absolute Gasteiger partial charge is 0.326 e. The van der Waals surface area contributed by atoms with Crippen LogP contribution in [0.25, 0.3) is 0 Å². The minimum Gasteiger partial charge on any atom is -0.369 e. The molecule has 22 N–H and O–H groups in total. The van der Waals surface area contributed by atoms with Gasteiger partial charge in [0.1, 0.15) is 0 Å². The van der Waals surface area contributed by atoms with Crippen molar-refractivity contribution in [1.82, 2.24) is 26.7 Å². The quantitative estimate of drug-likeness (QED) is 0.0495. The molecule has 0 aliphatic rings. The number of nitrogens with one attached hydrogen (secondary N) is 4. The fourth-order valence-electron chi connectivity index (χ4n) is 0. The van der Waals surface area contributed by atoms with Crippen molar-refractivity contribution >= 4 is 24.3 Å². The van der Waals surface area contributed by atoms with Crippen LogP contribution in [0.5, 0.6) is 0 Å². The zero-order chi connectivity index (χ0) is 22.6. The largest absolute Gasteiger partial charge is 0.369 e. The molecule has 0 aromatic heterocycles. The predicted octanol–water partition coefficient (Wildman–Crippen LogP) is -7.23. The Morgan fingerprint density at radius 1 is 1.00 bits per heavy atom. The number of carbonyl (C=O) groups excluding carboxylic acids is 3. The highest BCUT2D eigenvalue weighted by Gasteiger charge is 1.73. The number of nitrogens with zero attached hydrogens (tertiary/aromatic N) is 2. The molecule has 4 amide bonds. The number of rotatable bonds is 1. The molecule has 18 nitrogen and oxygen atoms in total. The predicted molar refractivity (Wildman–Crippen MR) is 99.4 cm³/mol. The van der Waals surface area contributed by atoms with E-state index in [4.69, 9.17) is 22.1 Å². The SMILES string of the molecule is CC(=O)NN.CN(C)N.CNN.NN=C(N)N.NNC(N)=O.NNC=O. The van der Waals surface area contributed by atoms with Crippen LogP contribution in [-0.2, 0) is 9.59 Å². The number of hydrazone groups is 1. The van der Waals surface area contributed by atoms with Gasteiger partial charge in [-0.1, -0.05) is 0 Å². The van der Waals surface area contributed by atoms with Gasteiger partial charge in [0.2, 0.25) is 18.3 Å². The summed E-state index contributed by atoms with van der Waals surface area (Å²) >= 11 is 0. The summed E-state index contributed by atoms with van der Waals surface area (Å²) in [5, 5.41) is 4.36. The van der Waals surface area contributed by atoms with E-state index < -0.39 is 6.03 Å². The van der Waals surface area contributed by atoms with Crippen LogP contribution < -0.4 is 74.0 Å². The van der Waals surface area contributed by atoms with Gasteiger partial charge in [0.25, 0.3) is 0 Å². The van der Waals surface area contributed by atoms with Crippen molar-refractivity contribution in [2.24, 2.45) is 57.4 Å². The summed E-state index contributed by atoms with van der Waals surface area (Å²) in [6.45, 7) is 1.35. The Morgan fingerprint density at radius 3 is 1.15 bits per heavy atom. The Bertz CT molecular complexity index is 291. The molecule has 0 aliphatic carbocycles. The molecular weight excluding hydrogens is 354 g/mol. The number of hydrogen-bond donors (Lipinski definition) is 13. The van der Waals surface area contributed by atoms with E-state index in [0.29, 0.717) is 6.41 Å². The van der Waals surface area contributed by atoms with Crippen LogP contribution in [-0.4, -0.2) is 50.5 Å². The number of urea groups is 1. The zero-order valence-corrected chi connectivity index (χ0v) is 15.4. The molecule has 0 bridgehead atoms. The number of guanidine groups is 1. The maximum atomic E-state index is 9.58. The average molecular weight is 389 g/mol. The molecule has 0 atom stereocenters. The molecular formula is C8H35N15O3. The van der Waals surface area contributed by atoms with Gasteiger partial charge in [0.05, 0.1) is 0 Å². The molecule has 0 radical (unpaired) electrons. The van der Waals surface area contributed by atoms with Crippen LogP contribution >= 0.6 is 0 Å². The van der Waals surface area contributed by atoms with Gasteiger partial charge in [-0.05, 0) is 7.05 Å². The highest BCUT2D eigenvalue weighted by Crippen LogP contribution is 1.42. The average Bonchev–Trinajstić information content (AvgIpc) is 2.56. The summed E-state index contributed by atoms with van der Waals surface area (Å²) < 4.78 is 0. The van der Waals surface area contributed by atoms with Crippen LogP contribution in [0.3, 0.4) is 0 Å². The fraction of sp³-hybridized carbons (Fsp3) is 0.500. The molecule has 0 saturated carbocycles. The first kappa shape index (κ1) is 38.5. The maximum absolute atomic E-state index is 9.58. The highest BCUT2D eigenvalue weighted by molar-refractivity contribution is 5.75. The van der Waals surface area contributed by atoms with Crippen LogP contribution in [0.2, 0.25) is 0 Å². The second-order valence-corrected chi connectivity index (χ2v) is 3.30. The van der Waals surface area contributed by atoms with E-state index in [0.717, 1.165) is 0 Å². The van der Waals surface area contributed by atoms with Crippen LogP contribution in [0, 0.1) is 0 Å². The topological polar surface area (TPSA) is 349 Å². The first-order chi connectivity index (χ1) is 11.9. The molecule has 0 fully saturated rings. The molecule has 0 saturated heterocycles. The van der Waals surface area contributed by atoms with Crippen molar-refractivity contribution in [3.8, 4) is 0 Å². The first-order valence-electron chi connectivity index (χ1n) is 6.09. The summed E-state index contributed by atoms with van der Waals surface area (Å²) in [7, 11) is 5.21. The van der Waals surface area contributed by atoms with Gasteiger partial charge >= 0.3 is 6.03 Å². The molecule has 160 valence electrons. The monoisotopic (exact) mass is 389 g/mol. The van der Waals surface area contributed by atoms with E-state index in [2.05, 4.69) is 45.5 Å². The van der Waals surface area contributed by atoms with Crippen LogP contribution in [0.4, 0.5) is 4.79 Å². The Hall–Kier alpha value is -3.00.